The third-order valence-electron chi connectivity index (χ3n) is 3.08. The van der Waals surface area contributed by atoms with Crippen molar-refractivity contribution in [2.45, 2.75) is 20.4 Å². The summed E-state index contributed by atoms with van der Waals surface area (Å²) in [5.41, 5.74) is 1.64. The summed E-state index contributed by atoms with van der Waals surface area (Å²) in [5.74, 6) is 1.39. The molecule has 0 amide bonds. The van der Waals surface area contributed by atoms with Gasteiger partial charge in [0.15, 0.2) is 11.3 Å². The normalized spacial score (nSPS) is 11.1. The number of fused-ring (bicyclic) bond motifs is 2. The molecule has 3 rings (SSSR count). The van der Waals surface area contributed by atoms with Crippen molar-refractivity contribution in [3.63, 3.8) is 0 Å². The maximum Gasteiger partial charge on any atom is 0.235 e. The van der Waals surface area contributed by atoms with Crippen molar-refractivity contribution in [2.75, 3.05) is 0 Å². The lowest BCUT2D eigenvalue weighted by atomic mass is 10.1. The number of aryl methyl sites for hydroxylation is 2. The minimum atomic E-state index is 0.0498. The van der Waals surface area contributed by atoms with Crippen LogP contribution in [0.2, 0.25) is 0 Å². The van der Waals surface area contributed by atoms with Crippen LogP contribution in [0.25, 0.3) is 21.9 Å². The zero-order valence-electron chi connectivity index (χ0n) is 10.5. The third kappa shape index (κ3) is 1.63. The Labute approximate surface area is 108 Å². The lowest BCUT2D eigenvalue weighted by molar-refractivity contribution is 0.466. The number of isocyanates is 1. The lowest BCUT2D eigenvalue weighted by Crippen LogP contribution is -1.85. The molecule has 0 atom stereocenters. The number of aliphatic imine (C=N–C) groups is 1. The zero-order chi connectivity index (χ0) is 13.6. The molecule has 0 aliphatic heterocycles. The Bertz CT molecular complexity index is 776. The van der Waals surface area contributed by atoms with E-state index in [2.05, 4.69) is 4.99 Å². The van der Waals surface area contributed by atoms with Gasteiger partial charge in [-0.3, -0.25) is 0 Å². The van der Waals surface area contributed by atoms with Gasteiger partial charge in [-0.1, -0.05) is 0 Å². The molecule has 0 bridgehead atoms. The summed E-state index contributed by atoms with van der Waals surface area (Å²) in [7, 11) is 0. The number of benzene rings is 1. The van der Waals surface area contributed by atoms with Gasteiger partial charge in [-0.05, 0) is 26.0 Å². The topological polar surface area (TPSA) is 75.9 Å². The van der Waals surface area contributed by atoms with Gasteiger partial charge in [-0.15, -0.1) is 0 Å². The van der Waals surface area contributed by atoms with Crippen LogP contribution in [0, 0.1) is 13.8 Å². The highest BCUT2D eigenvalue weighted by atomic mass is 16.4. The Morgan fingerprint density at radius 1 is 1.16 bits per heavy atom. The van der Waals surface area contributed by atoms with Crippen LogP contribution < -0.4 is 0 Å². The van der Waals surface area contributed by atoms with Crippen molar-refractivity contribution >= 4 is 28.0 Å². The number of hydrogen-bond acceptors (Lipinski definition) is 5. The van der Waals surface area contributed by atoms with Crippen molar-refractivity contribution in [1.29, 1.82) is 0 Å². The van der Waals surface area contributed by atoms with Gasteiger partial charge in [0.05, 0.1) is 11.9 Å². The third-order valence-corrected chi connectivity index (χ3v) is 3.08. The molecule has 0 spiro atoms. The number of rotatable bonds is 2. The van der Waals surface area contributed by atoms with E-state index < -0.39 is 0 Å². The smallest absolute Gasteiger partial charge is 0.235 e. The van der Waals surface area contributed by atoms with Gasteiger partial charge in [0.2, 0.25) is 6.08 Å². The van der Waals surface area contributed by atoms with Gasteiger partial charge in [-0.25, -0.2) is 9.79 Å². The van der Waals surface area contributed by atoms with E-state index in [4.69, 9.17) is 8.83 Å². The molecule has 19 heavy (non-hydrogen) atoms. The minimum Gasteiger partial charge on any atom is -0.504 e. The van der Waals surface area contributed by atoms with Crippen LogP contribution in [-0.2, 0) is 11.3 Å². The molecule has 0 fully saturated rings. The fourth-order valence-corrected chi connectivity index (χ4v) is 2.34. The molecule has 0 saturated heterocycles. The highest BCUT2D eigenvalue weighted by Gasteiger charge is 2.19. The van der Waals surface area contributed by atoms with Crippen molar-refractivity contribution in [1.82, 2.24) is 0 Å². The molecular formula is C14H11NO4. The molecule has 0 radical (unpaired) electrons. The van der Waals surface area contributed by atoms with Crippen molar-refractivity contribution in [3.05, 3.63) is 29.2 Å². The second-order valence-electron chi connectivity index (χ2n) is 4.43. The number of phenols is 1. The van der Waals surface area contributed by atoms with E-state index in [9.17, 15) is 9.90 Å². The van der Waals surface area contributed by atoms with Crippen LogP contribution in [0.4, 0.5) is 0 Å². The molecule has 1 aromatic carbocycles. The second-order valence-corrected chi connectivity index (χ2v) is 4.43. The van der Waals surface area contributed by atoms with Gasteiger partial charge in [-0.2, -0.15) is 0 Å². The predicted molar refractivity (Wildman–Crippen MR) is 69.0 cm³/mol. The van der Waals surface area contributed by atoms with E-state index in [-0.39, 0.29) is 12.3 Å². The Morgan fingerprint density at radius 3 is 2.47 bits per heavy atom. The highest BCUT2D eigenvalue weighted by molar-refractivity contribution is 6.04. The van der Waals surface area contributed by atoms with Crippen molar-refractivity contribution in [3.8, 4) is 5.75 Å². The molecule has 1 N–H and O–H groups in total. The highest BCUT2D eigenvalue weighted by Crippen LogP contribution is 2.40. The van der Waals surface area contributed by atoms with Gasteiger partial charge in [0, 0.05) is 10.9 Å². The second kappa shape index (κ2) is 4.00. The quantitative estimate of drug-likeness (QED) is 0.564. The van der Waals surface area contributed by atoms with Crippen LogP contribution in [0.15, 0.2) is 26.0 Å². The SMILES string of the molecule is Cc1cc2c(CN=C=O)c3oc(C)cc3c(O)c2o1. The van der Waals surface area contributed by atoms with Crippen LogP contribution in [-0.4, -0.2) is 11.2 Å². The van der Waals surface area contributed by atoms with Crippen molar-refractivity contribution < 1.29 is 18.7 Å². The Morgan fingerprint density at radius 2 is 1.79 bits per heavy atom. The van der Waals surface area contributed by atoms with E-state index >= 15 is 0 Å². The average Bonchev–Trinajstić information content (AvgIpc) is 2.93. The van der Waals surface area contributed by atoms with E-state index in [1.165, 1.54) is 6.08 Å². The van der Waals surface area contributed by atoms with E-state index in [1.54, 1.807) is 26.0 Å². The summed E-state index contributed by atoms with van der Waals surface area (Å²) in [6, 6.07) is 3.53. The number of furan rings is 2. The first kappa shape index (κ1) is 11.6. The molecule has 96 valence electrons. The van der Waals surface area contributed by atoms with Gasteiger partial charge < -0.3 is 13.9 Å². The Kier molecular flexibility index (Phi) is 2.44. The summed E-state index contributed by atoms with van der Waals surface area (Å²) < 4.78 is 11.1. The maximum atomic E-state index is 10.3. The summed E-state index contributed by atoms with van der Waals surface area (Å²) in [6.07, 6.45) is 1.51. The van der Waals surface area contributed by atoms with E-state index in [1.807, 2.05) is 0 Å². The summed E-state index contributed by atoms with van der Waals surface area (Å²) in [6.45, 7) is 3.72. The van der Waals surface area contributed by atoms with Crippen LogP contribution >= 0.6 is 0 Å². The molecular weight excluding hydrogens is 246 g/mol. The molecule has 0 saturated carbocycles. The zero-order valence-corrected chi connectivity index (χ0v) is 10.5. The van der Waals surface area contributed by atoms with Crippen LogP contribution in [0.3, 0.4) is 0 Å². The Balaban J connectivity index is 2.50. The molecule has 2 heterocycles. The largest absolute Gasteiger partial charge is 0.504 e. The summed E-state index contributed by atoms with van der Waals surface area (Å²) in [5, 5.41) is 11.5. The number of phenolic OH excluding ortho intramolecular Hbond substituents is 1. The standard InChI is InChI=1S/C14H11NO4/c1-7-3-9-11(5-15-6-16)13-10(4-8(2)18-13)12(17)14(9)19-7/h3-4,17H,5H2,1-2H3. The van der Waals surface area contributed by atoms with Gasteiger partial charge in [0.25, 0.3) is 0 Å². The maximum absolute atomic E-state index is 10.3. The molecule has 5 nitrogen and oxygen atoms in total. The first-order chi connectivity index (χ1) is 9.11. The Hall–Kier alpha value is -2.52. The number of carbonyl (C=O) groups excluding carboxylic acids is 1. The summed E-state index contributed by atoms with van der Waals surface area (Å²) >= 11 is 0. The molecule has 5 heteroatoms. The van der Waals surface area contributed by atoms with Gasteiger partial charge in [0.1, 0.15) is 17.1 Å². The molecule has 0 aliphatic carbocycles. The summed E-state index contributed by atoms with van der Waals surface area (Å²) in [4.78, 5) is 13.9. The average molecular weight is 257 g/mol. The lowest BCUT2D eigenvalue weighted by Gasteiger charge is -2.02. The van der Waals surface area contributed by atoms with Gasteiger partial charge >= 0.3 is 0 Å². The molecule has 0 unspecified atom stereocenters. The number of nitrogens with zero attached hydrogens (tertiary/aromatic N) is 1. The van der Waals surface area contributed by atoms with E-state index in [0.29, 0.717) is 33.5 Å². The molecule has 2 aromatic heterocycles. The van der Waals surface area contributed by atoms with Crippen LogP contribution in [0.1, 0.15) is 17.1 Å². The monoisotopic (exact) mass is 257 g/mol. The molecule has 3 aromatic rings. The number of hydrogen-bond donors (Lipinski definition) is 1. The predicted octanol–water partition coefficient (Wildman–Crippen LogP) is 3.34. The van der Waals surface area contributed by atoms with Crippen LogP contribution in [0.5, 0.6) is 5.75 Å². The number of aromatic hydroxyl groups is 1. The first-order valence-electron chi connectivity index (χ1n) is 5.79. The minimum absolute atomic E-state index is 0.0498. The van der Waals surface area contributed by atoms with Crippen molar-refractivity contribution in [2.24, 2.45) is 4.99 Å². The fourth-order valence-electron chi connectivity index (χ4n) is 2.34. The first-order valence-corrected chi connectivity index (χ1v) is 5.79. The molecule has 0 aliphatic rings. The van der Waals surface area contributed by atoms with E-state index in [0.717, 1.165) is 5.56 Å². The fraction of sp³-hybridized carbons (Fsp3) is 0.214.